The third-order valence-corrected chi connectivity index (χ3v) is 9.02. The maximum atomic E-state index is 14.2. The summed E-state index contributed by atoms with van der Waals surface area (Å²) < 4.78 is 40.3. The molecular weight excluding hydrogens is 526 g/mol. The molecule has 1 fully saturated rings. The second-order valence-electron chi connectivity index (χ2n) is 9.65. The van der Waals surface area contributed by atoms with Gasteiger partial charge in [-0.25, -0.2) is 8.42 Å². The predicted octanol–water partition coefficient (Wildman–Crippen LogP) is 4.72. The van der Waals surface area contributed by atoms with Gasteiger partial charge in [0.1, 0.15) is 17.5 Å². The van der Waals surface area contributed by atoms with Gasteiger partial charge in [0, 0.05) is 19.6 Å². The number of amides is 1. The van der Waals surface area contributed by atoms with Gasteiger partial charge in [-0.15, -0.1) is 0 Å². The van der Waals surface area contributed by atoms with Crippen LogP contribution in [-0.2, 0) is 27.9 Å². The first-order chi connectivity index (χ1) is 19.3. The van der Waals surface area contributed by atoms with E-state index in [0.717, 1.165) is 21.9 Å². The third kappa shape index (κ3) is 5.50. The SMILES string of the molecule is COc1ccc(CN([C@H]2CCN(Cc3cccc(C#N)c3)C2=O)S(=O)(=O)c2ccc3ccc(OC)cc3c2)cc1. The molecule has 1 saturated heterocycles. The van der Waals surface area contributed by atoms with Crippen LogP contribution in [-0.4, -0.2) is 50.3 Å². The van der Waals surface area contributed by atoms with Gasteiger partial charge >= 0.3 is 0 Å². The van der Waals surface area contributed by atoms with Crippen molar-refractivity contribution in [2.45, 2.75) is 30.4 Å². The molecule has 5 rings (SSSR count). The molecule has 4 aromatic carbocycles. The van der Waals surface area contributed by atoms with Crippen LogP contribution in [0.15, 0.2) is 89.8 Å². The smallest absolute Gasteiger partial charge is 0.244 e. The zero-order valence-corrected chi connectivity index (χ0v) is 23.1. The minimum absolute atomic E-state index is 0.0244. The van der Waals surface area contributed by atoms with E-state index < -0.39 is 16.1 Å². The fraction of sp³-hybridized carbons (Fsp3) is 0.226. The molecule has 4 aromatic rings. The van der Waals surface area contributed by atoms with Crippen molar-refractivity contribution in [3.8, 4) is 17.6 Å². The molecule has 1 heterocycles. The fourth-order valence-corrected chi connectivity index (χ4v) is 6.64. The Labute approximate surface area is 234 Å². The van der Waals surface area contributed by atoms with Gasteiger partial charge in [0.15, 0.2) is 0 Å². The van der Waals surface area contributed by atoms with Crippen LogP contribution in [0.1, 0.15) is 23.1 Å². The van der Waals surface area contributed by atoms with E-state index in [-0.39, 0.29) is 17.3 Å². The van der Waals surface area contributed by atoms with Gasteiger partial charge in [-0.1, -0.05) is 36.4 Å². The van der Waals surface area contributed by atoms with E-state index in [1.54, 1.807) is 85.8 Å². The standard InChI is InChI=1S/C31H29N3O5S/c1-38-27-10-6-22(7-11-27)21-34(30-14-15-33(31(30)35)20-24-5-3-4-23(16-24)19-32)40(36,37)29-13-9-25-8-12-28(39-2)17-26(25)18-29/h3-13,16-18,30H,14-15,20-21H2,1-2H3/t30-/m0/s1. The second-order valence-corrected chi connectivity index (χ2v) is 11.5. The van der Waals surface area contributed by atoms with Gasteiger partial charge < -0.3 is 14.4 Å². The maximum Gasteiger partial charge on any atom is 0.244 e. The highest BCUT2D eigenvalue weighted by Gasteiger charge is 2.42. The topological polar surface area (TPSA) is 99.9 Å². The third-order valence-electron chi connectivity index (χ3n) is 7.17. The number of hydrogen-bond acceptors (Lipinski definition) is 6. The quantitative estimate of drug-likeness (QED) is 0.296. The Bertz CT molecular complexity index is 1700. The average Bonchev–Trinajstić information content (AvgIpc) is 3.34. The van der Waals surface area contributed by atoms with Crippen LogP contribution >= 0.6 is 0 Å². The molecule has 0 unspecified atom stereocenters. The van der Waals surface area contributed by atoms with Crippen LogP contribution < -0.4 is 9.47 Å². The van der Waals surface area contributed by atoms with E-state index in [9.17, 15) is 18.5 Å². The lowest BCUT2D eigenvalue weighted by atomic mass is 10.1. The summed E-state index contributed by atoms with van der Waals surface area (Å²) in [5.41, 5.74) is 2.07. The number of sulfonamides is 1. The molecule has 0 aromatic heterocycles. The lowest BCUT2D eigenvalue weighted by Gasteiger charge is -2.28. The summed E-state index contributed by atoms with van der Waals surface area (Å²) in [6, 6.07) is 25.9. The van der Waals surface area contributed by atoms with E-state index >= 15 is 0 Å². The summed E-state index contributed by atoms with van der Waals surface area (Å²) in [5, 5.41) is 10.8. The van der Waals surface area contributed by atoms with Crippen molar-refractivity contribution in [2.75, 3.05) is 20.8 Å². The summed E-state index contributed by atoms with van der Waals surface area (Å²) in [7, 11) is -0.949. The summed E-state index contributed by atoms with van der Waals surface area (Å²) in [5.74, 6) is 1.02. The molecule has 1 amide bonds. The van der Waals surface area contributed by atoms with Crippen LogP contribution in [0.25, 0.3) is 10.8 Å². The first-order valence-corrected chi connectivity index (χ1v) is 14.3. The second kappa shape index (κ2) is 11.4. The van der Waals surface area contributed by atoms with Gasteiger partial charge in [-0.2, -0.15) is 9.57 Å². The van der Waals surface area contributed by atoms with Crippen LogP contribution in [0.3, 0.4) is 0 Å². The predicted molar refractivity (Wildman–Crippen MR) is 151 cm³/mol. The lowest BCUT2D eigenvalue weighted by Crippen LogP contribution is -2.44. The van der Waals surface area contributed by atoms with E-state index in [1.807, 2.05) is 18.2 Å². The highest BCUT2D eigenvalue weighted by atomic mass is 32.2. The van der Waals surface area contributed by atoms with Crippen LogP contribution in [0.2, 0.25) is 0 Å². The fourth-order valence-electron chi connectivity index (χ4n) is 5.01. The monoisotopic (exact) mass is 555 g/mol. The maximum absolute atomic E-state index is 14.2. The minimum atomic E-state index is -4.08. The number of hydrogen-bond donors (Lipinski definition) is 0. The van der Waals surface area contributed by atoms with Crippen LogP contribution in [0, 0.1) is 11.3 Å². The van der Waals surface area contributed by atoms with Gasteiger partial charge in [0.25, 0.3) is 0 Å². The van der Waals surface area contributed by atoms with Crippen molar-refractivity contribution in [1.82, 2.24) is 9.21 Å². The summed E-state index contributed by atoms with van der Waals surface area (Å²) >= 11 is 0. The Kier molecular flexibility index (Phi) is 7.74. The Morgan fingerprint density at radius 1 is 0.900 bits per heavy atom. The molecule has 40 heavy (non-hydrogen) atoms. The number of nitriles is 1. The lowest BCUT2D eigenvalue weighted by molar-refractivity contribution is -0.131. The van der Waals surface area contributed by atoms with E-state index in [2.05, 4.69) is 6.07 Å². The first-order valence-electron chi connectivity index (χ1n) is 12.8. The molecule has 1 atom stereocenters. The molecule has 0 saturated carbocycles. The van der Waals surface area contributed by atoms with Crippen LogP contribution in [0.5, 0.6) is 11.5 Å². The summed E-state index contributed by atoms with van der Waals surface area (Å²) in [6.45, 7) is 0.734. The first kappa shape index (κ1) is 27.2. The van der Waals surface area contributed by atoms with E-state index in [1.165, 1.54) is 4.31 Å². The van der Waals surface area contributed by atoms with Crippen molar-refractivity contribution in [3.63, 3.8) is 0 Å². The zero-order valence-electron chi connectivity index (χ0n) is 22.3. The molecule has 9 heteroatoms. The number of nitrogens with zero attached hydrogens (tertiary/aromatic N) is 3. The van der Waals surface area contributed by atoms with Gasteiger partial charge in [-0.3, -0.25) is 4.79 Å². The number of carbonyl (C=O) groups is 1. The number of benzene rings is 4. The van der Waals surface area contributed by atoms with Crippen molar-refractivity contribution >= 4 is 26.7 Å². The largest absolute Gasteiger partial charge is 0.497 e. The molecule has 8 nitrogen and oxygen atoms in total. The van der Waals surface area contributed by atoms with Crippen molar-refractivity contribution < 1.29 is 22.7 Å². The summed E-state index contributed by atoms with van der Waals surface area (Å²) in [6.07, 6.45) is 0.355. The molecule has 0 N–H and O–H groups in total. The molecule has 204 valence electrons. The number of carbonyl (C=O) groups excluding carboxylic acids is 1. The zero-order chi connectivity index (χ0) is 28.3. The number of likely N-dealkylation sites (tertiary alicyclic amines) is 1. The molecule has 1 aliphatic rings. The van der Waals surface area contributed by atoms with Crippen molar-refractivity contribution in [2.24, 2.45) is 0 Å². The number of rotatable bonds is 9. The normalized spacial score (nSPS) is 15.4. The van der Waals surface area contributed by atoms with Gasteiger partial charge in [0.2, 0.25) is 15.9 Å². The summed E-state index contributed by atoms with van der Waals surface area (Å²) in [4.78, 5) is 15.5. The number of fused-ring (bicyclic) bond motifs is 1. The van der Waals surface area contributed by atoms with E-state index in [0.29, 0.717) is 36.6 Å². The Morgan fingerprint density at radius 3 is 2.35 bits per heavy atom. The number of methoxy groups -OCH3 is 2. The Hall–Kier alpha value is -4.39. The molecule has 0 bridgehead atoms. The molecule has 0 aliphatic carbocycles. The average molecular weight is 556 g/mol. The van der Waals surface area contributed by atoms with Crippen molar-refractivity contribution in [1.29, 1.82) is 5.26 Å². The van der Waals surface area contributed by atoms with Gasteiger partial charge in [0.05, 0.1) is 30.7 Å². The van der Waals surface area contributed by atoms with Gasteiger partial charge in [-0.05, 0) is 76.9 Å². The van der Waals surface area contributed by atoms with Crippen LogP contribution in [0.4, 0.5) is 0 Å². The van der Waals surface area contributed by atoms with E-state index in [4.69, 9.17) is 9.47 Å². The molecule has 0 radical (unpaired) electrons. The Morgan fingerprint density at radius 2 is 1.62 bits per heavy atom. The molecule has 1 aliphatic heterocycles. The molecular formula is C31H29N3O5S. The number of ether oxygens (including phenoxy) is 2. The Balaban J connectivity index is 1.49. The van der Waals surface area contributed by atoms with Crippen molar-refractivity contribution in [3.05, 3.63) is 102 Å². The minimum Gasteiger partial charge on any atom is -0.497 e. The highest BCUT2D eigenvalue weighted by molar-refractivity contribution is 7.89. The highest BCUT2D eigenvalue weighted by Crippen LogP contribution is 2.31. The molecule has 0 spiro atoms.